The van der Waals surface area contributed by atoms with Crippen LogP contribution in [0.3, 0.4) is 0 Å². The van der Waals surface area contributed by atoms with Gasteiger partial charge in [-0.25, -0.2) is 0 Å². The van der Waals surface area contributed by atoms with Crippen molar-refractivity contribution in [3.8, 4) is 0 Å². The van der Waals surface area contributed by atoms with Crippen LogP contribution in [0.2, 0.25) is 5.02 Å². The van der Waals surface area contributed by atoms with Gasteiger partial charge in [-0.05, 0) is 35.7 Å². The van der Waals surface area contributed by atoms with Crippen molar-refractivity contribution in [1.29, 1.82) is 0 Å². The SMILES string of the molecule is CCNC(c1cccc(CC)c1)c1ccncc1Cl. The standard InChI is InChI=1S/C16H19ClN2/c1-3-12-6-5-7-13(10-12)16(19-4-2)14-8-9-18-11-15(14)17/h5-11,16,19H,3-4H2,1-2H3. The van der Waals surface area contributed by atoms with Crippen LogP contribution < -0.4 is 5.32 Å². The van der Waals surface area contributed by atoms with Gasteiger partial charge in [-0.15, -0.1) is 0 Å². The Hall–Kier alpha value is -1.38. The minimum absolute atomic E-state index is 0.118. The highest BCUT2D eigenvalue weighted by Crippen LogP contribution is 2.28. The Morgan fingerprint density at radius 3 is 2.79 bits per heavy atom. The normalized spacial score (nSPS) is 12.4. The molecule has 1 atom stereocenters. The molecular weight excluding hydrogens is 256 g/mol. The molecule has 2 nitrogen and oxygen atoms in total. The lowest BCUT2D eigenvalue weighted by Gasteiger charge is -2.20. The molecule has 0 amide bonds. The summed E-state index contributed by atoms with van der Waals surface area (Å²) in [5.41, 5.74) is 3.66. The van der Waals surface area contributed by atoms with E-state index in [0.29, 0.717) is 5.02 Å². The van der Waals surface area contributed by atoms with Gasteiger partial charge in [0.05, 0.1) is 11.1 Å². The van der Waals surface area contributed by atoms with Crippen LogP contribution in [-0.4, -0.2) is 11.5 Å². The van der Waals surface area contributed by atoms with Gasteiger partial charge in [-0.2, -0.15) is 0 Å². The van der Waals surface area contributed by atoms with E-state index in [9.17, 15) is 0 Å². The molecule has 2 rings (SSSR count). The Kier molecular flexibility index (Phi) is 4.94. The highest BCUT2D eigenvalue weighted by atomic mass is 35.5. The van der Waals surface area contributed by atoms with Gasteiger partial charge in [-0.1, -0.05) is 49.7 Å². The molecule has 0 radical (unpaired) electrons. The van der Waals surface area contributed by atoms with Crippen LogP contribution in [0.1, 0.15) is 36.6 Å². The lowest BCUT2D eigenvalue weighted by Crippen LogP contribution is -2.22. The average Bonchev–Trinajstić information content (AvgIpc) is 2.46. The van der Waals surface area contributed by atoms with Crippen molar-refractivity contribution in [3.05, 3.63) is 64.4 Å². The maximum atomic E-state index is 6.28. The average molecular weight is 275 g/mol. The first-order valence-electron chi connectivity index (χ1n) is 6.67. The van der Waals surface area contributed by atoms with Gasteiger partial charge in [0, 0.05) is 12.4 Å². The van der Waals surface area contributed by atoms with Crippen LogP contribution in [0.5, 0.6) is 0 Å². The molecule has 0 saturated carbocycles. The van der Waals surface area contributed by atoms with E-state index in [4.69, 9.17) is 11.6 Å². The van der Waals surface area contributed by atoms with Gasteiger partial charge in [0.15, 0.2) is 0 Å². The number of hydrogen-bond donors (Lipinski definition) is 1. The Labute approximate surface area is 119 Å². The summed E-state index contributed by atoms with van der Waals surface area (Å²) in [5.74, 6) is 0. The molecule has 1 aromatic heterocycles. The zero-order valence-electron chi connectivity index (χ0n) is 11.4. The fraction of sp³-hybridized carbons (Fsp3) is 0.312. The third kappa shape index (κ3) is 3.34. The number of hydrogen-bond acceptors (Lipinski definition) is 2. The maximum absolute atomic E-state index is 6.28. The zero-order valence-corrected chi connectivity index (χ0v) is 12.1. The quantitative estimate of drug-likeness (QED) is 0.892. The first kappa shape index (κ1) is 14.0. The lowest BCUT2D eigenvalue weighted by molar-refractivity contribution is 0.629. The van der Waals surface area contributed by atoms with Gasteiger partial charge < -0.3 is 5.32 Å². The van der Waals surface area contributed by atoms with Crippen LogP contribution in [0, 0.1) is 0 Å². The topological polar surface area (TPSA) is 24.9 Å². The summed E-state index contributed by atoms with van der Waals surface area (Å²) in [6, 6.07) is 10.7. The van der Waals surface area contributed by atoms with Gasteiger partial charge in [-0.3, -0.25) is 4.98 Å². The van der Waals surface area contributed by atoms with Crippen LogP contribution in [0.25, 0.3) is 0 Å². The van der Waals surface area contributed by atoms with Gasteiger partial charge in [0.1, 0.15) is 0 Å². The van der Waals surface area contributed by atoms with Crippen LogP contribution >= 0.6 is 11.6 Å². The number of benzene rings is 1. The summed E-state index contributed by atoms with van der Waals surface area (Å²) in [6.45, 7) is 5.16. The number of nitrogens with zero attached hydrogens (tertiary/aromatic N) is 1. The van der Waals surface area contributed by atoms with E-state index in [0.717, 1.165) is 18.5 Å². The predicted octanol–water partition coefficient (Wildman–Crippen LogP) is 4.00. The third-order valence-corrected chi connectivity index (χ3v) is 3.53. The molecule has 0 aliphatic rings. The van der Waals surface area contributed by atoms with Gasteiger partial charge >= 0.3 is 0 Å². The van der Waals surface area contributed by atoms with Crippen molar-refractivity contribution in [2.45, 2.75) is 26.3 Å². The molecule has 0 spiro atoms. The fourth-order valence-corrected chi connectivity index (χ4v) is 2.45. The molecule has 0 saturated heterocycles. The molecule has 1 aromatic carbocycles. The molecule has 2 aromatic rings. The summed E-state index contributed by atoms with van der Waals surface area (Å²) in [6.07, 6.45) is 4.52. The monoisotopic (exact) mass is 274 g/mol. The molecule has 19 heavy (non-hydrogen) atoms. The highest BCUT2D eigenvalue weighted by Gasteiger charge is 2.16. The molecule has 0 fully saturated rings. The number of rotatable bonds is 5. The molecule has 100 valence electrons. The zero-order chi connectivity index (χ0) is 13.7. The van der Waals surface area contributed by atoms with Crippen molar-refractivity contribution >= 4 is 11.6 Å². The maximum Gasteiger partial charge on any atom is 0.0640 e. The van der Waals surface area contributed by atoms with Crippen molar-refractivity contribution < 1.29 is 0 Å². The van der Waals surface area contributed by atoms with Gasteiger partial charge in [0.25, 0.3) is 0 Å². The smallest absolute Gasteiger partial charge is 0.0640 e. The second-order valence-electron chi connectivity index (χ2n) is 4.49. The molecule has 0 aliphatic carbocycles. The highest BCUT2D eigenvalue weighted by molar-refractivity contribution is 6.31. The lowest BCUT2D eigenvalue weighted by atomic mass is 9.97. The number of halogens is 1. The molecule has 3 heteroatoms. The molecule has 1 unspecified atom stereocenters. The number of nitrogens with one attached hydrogen (secondary N) is 1. The van der Waals surface area contributed by atoms with Crippen molar-refractivity contribution in [3.63, 3.8) is 0 Å². The summed E-state index contributed by atoms with van der Waals surface area (Å²) >= 11 is 6.28. The Morgan fingerprint density at radius 2 is 2.11 bits per heavy atom. The molecule has 0 bridgehead atoms. The second kappa shape index (κ2) is 6.69. The largest absolute Gasteiger partial charge is 0.306 e. The first-order valence-corrected chi connectivity index (χ1v) is 7.05. The Balaban J connectivity index is 2.42. The third-order valence-electron chi connectivity index (χ3n) is 3.22. The van der Waals surface area contributed by atoms with E-state index in [1.807, 2.05) is 6.07 Å². The minimum atomic E-state index is 0.118. The van der Waals surface area contributed by atoms with Crippen LogP contribution in [0.15, 0.2) is 42.7 Å². The van der Waals surface area contributed by atoms with E-state index >= 15 is 0 Å². The minimum Gasteiger partial charge on any atom is -0.306 e. The van der Waals surface area contributed by atoms with Gasteiger partial charge in [0.2, 0.25) is 0 Å². The van der Waals surface area contributed by atoms with E-state index in [2.05, 4.69) is 48.4 Å². The van der Waals surface area contributed by atoms with E-state index in [-0.39, 0.29) is 6.04 Å². The van der Waals surface area contributed by atoms with E-state index in [1.54, 1.807) is 12.4 Å². The van der Waals surface area contributed by atoms with Crippen molar-refractivity contribution in [2.75, 3.05) is 6.54 Å². The Bertz CT molecular complexity index is 540. The Morgan fingerprint density at radius 1 is 1.26 bits per heavy atom. The van der Waals surface area contributed by atoms with Crippen LogP contribution in [0.4, 0.5) is 0 Å². The predicted molar refractivity (Wildman–Crippen MR) is 80.6 cm³/mol. The van der Waals surface area contributed by atoms with Crippen molar-refractivity contribution in [1.82, 2.24) is 10.3 Å². The molecular formula is C16H19ClN2. The summed E-state index contributed by atoms with van der Waals surface area (Å²) in [7, 11) is 0. The first-order chi connectivity index (χ1) is 9.26. The number of aryl methyl sites for hydroxylation is 1. The molecule has 1 heterocycles. The molecule has 0 aliphatic heterocycles. The summed E-state index contributed by atoms with van der Waals surface area (Å²) in [5, 5.41) is 4.20. The summed E-state index contributed by atoms with van der Waals surface area (Å²) in [4.78, 5) is 4.06. The number of pyridine rings is 1. The fourth-order valence-electron chi connectivity index (χ4n) is 2.22. The summed E-state index contributed by atoms with van der Waals surface area (Å²) < 4.78 is 0. The van der Waals surface area contributed by atoms with E-state index in [1.165, 1.54) is 11.1 Å². The van der Waals surface area contributed by atoms with Crippen LogP contribution in [-0.2, 0) is 6.42 Å². The number of aromatic nitrogens is 1. The van der Waals surface area contributed by atoms with Crippen molar-refractivity contribution in [2.24, 2.45) is 0 Å². The molecule has 1 N–H and O–H groups in total. The van der Waals surface area contributed by atoms with E-state index < -0.39 is 0 Å². The second-order valence-corrected chi connectivity index (χ2v) is 4.89.